The highest BCUT2D eigenvalue weighted by molar-refractivity contribution is 7.13. The van der Waals surface area contributed by atoms with Crippen LogP contribution in [0.15, 0.2) is 22.0 Å². The smallest absolute Gasteiger partial charge is 0.246 e. The van der Waals surface area contributed by atoms with Crippen molar-refractivity contribution >= 4 is 23.2 Å². The molecule has 1 saturated carbocycles. The zero-order valence-electron chi connectivity index (χ0n) is 14.5. The fourth-order valence-electron chi connectivity index (χ4n) is 3.79. The van der Waals surface area contributed by atoms with E-state index < -0.39 is 0 Å². The first-order valence-electron chi connectivity index (χ1n) is 9.14. The first-order valence-corrected chi connectivity index (χ1v) is 10.0. The Balaban J connectivity index is 1.30. The van der Waals surface area contributed by atoms with Gasteiger partial charge in [-0.15, -0.1) is 11.3 Å². The van der Waals surface area contributed by atoms with Crippen LogP contribution in [0.25, 0.3) is 10.7 Å². The minimum atomic E-state index is -0.288. The first kappa shape index (κ1) is 17.2. The van der Waals surface area contributed by atoms with Crippen molar-refractivity contribution < 1.29 is 14.1 Å². The molecule has 138 valence electrons. The molecule has 26 heavy (non-hydrogen) atoms. The van der Waals surface area contributed by atoms with Crippen molar-refractivity contribution in [3.8, 4) is 10.7 Å². The molecule has 0 radical (unpaired) electrons. The molecule has 0 bridgehead atoms. The van der Waals surface area contributed by atoms with Gasteiger partial charge in [0.05, 0.1) is 17.3 Å². The maximum Gasteiger partial charge on any atom is 0.246 e. The molecule has 2 aromatic heterocycles. The second-order valence-corrected chi connectivity index (χ2v) is 7.89. The van der Waals surface area contributed by atoms with Crippen molar-refractivity contribution in [1.29, 1.82) is 0 Å². The predicted octanol–water partition coefficient (Wildman–Crippen LogP) is 2.60. The molecule has 2 fully saturated rings. The molecule has 4 rings (SSSR count). The van der Waals surface area contributed by atoms with Gasteiger partial charge >= 0.3 is 0 Å². The number of amides is 2. The number of aromatic nitrogens is 2. The lowest BCUT2D eigenvalue weighted by Gasteiger charge is -2.31. The van der Waals surface area contributed by atoms with Crippen LogP contribution in [0.2, 0.25) is 0 Å². The highest BCUT2D eigenvalue weighted by atomic mass is 32.1. The summed E-state index contributed by atoms with van der Waals surface area (Å²) in [5.41, 5.74) is 0. The molecule has 3 heterocycles. The van der Waals surface area contributed by atoms with Crippen molar-refractivity contribution in [3.05, 3.63) is 23.4 Å². The van der Waals surface area contributed by atoms with Gasteiger partial charge in [-0.05, 0) is 24.3 Å². The molecule has 2 aliphatic rings. The van der Waals surface area contributed by atoms with Crippen LogP contribution in [0.3, 0.4) is 0 Å². The number of carbonyl (C=O) groups excluding carboxylic acids is 2. The molecule has 1 saturated heterocycles. The van der Waals surface area contributed by atoms with E-state index in [0.29, 0.717) is 30.7 Å². The van der Waals surface area contributed by atoms with Crippen molar-refractivity contribution in [2.24, 2.45) is 5.92 Å². The van der Waals surface area contributed by atoms with E-state index in [9.17, 15) is 9.59 Å². The fourth-order valence-corrected chi connectivity index (χ4v) is 4.44. The summed E-state index contributed by atoms with van der Waals surface area (Å²) in [5, 5.41) is 8.71. The molecule has 0 aromatic carbocycles. The number of hydrogen-bond donors (Lipinski definition) is 1. The molecule has 7 nitrogen and oxygen atoms in total. The zero-order valence-corrected chi connectivity index (χ0v) is 15.3. The molecular formula is C18H22N4O3S. The van der Waals surface area contributed by atoms with Crippen LogP contribution in [-0.2, 0) is 16.1 Å². The Kier molecular flexibility index (Phi) is 5.01. The molecule has 1 atom stereocenters. The summed E-state index contributed by atoms with van der Waals surface area (Å²) in [6, 6.07) is 4.16. The molecule has 1 aliphatic heterocycles. The normalized spacial score (nSPS) is 21.3. The second-order valence-electron chi connectivity index (χ2n) is 6.95. The van der Waals surface area contributed by atoms with E-state index >= 15 is 0 Å². The van der Waals surface area contributed by atoms with E-state index in [2.05, 4.69) is 15.5 Å². The van der Waals surface area contributed by atoms with Gasteiger partial charge in [0, 0.05) is 19.0 Å². The standard InChI is InChI=1S/C18H22N4O3S/c23-16-9-12(11-22(16)13-5-2-1-3-6-13)18(24)19-10-15-20-17(21-25-15)14-7-4-8-26-14/h4,7-8,12-13H,1-3,5-6,9-11H2,(H,19,24). The quantitative estimate of drug-likeness (QED) is 0.869. The second kappa shape index (κ2) is 7.57. The van der Waals surface area contributed by atoms with Crippen molar-refractivity contribution in [2.45, 2.75) is 51.1 Å². The Hall–Kier alpha value is -2.22. The third-order valence-electron chi connectivity index (χ3n) is 5.17. The van der Waals surface area contributed by atoms with Gasteiger partial charge in [-0.25, -0.2) is 0 Å². The van der Waals surface area contributed by atoms with Crippen LogP contribution in [0.5, 0.6) is 0 Å². The van der Waals surface area contributed by atoms with E-state index in [1.807, 2.05) is 22.4 Å². The third kappa shape index (κ3) is 3.65. The van der Waals surface area contributed by atoms with Gasteiger partial charge in [-0.1, -0.05) is 30.5 Å². The summed E-state index contributed by atoms with van der Waals surface area (Å²) in [4.78, 5) is 31.9. The van der Waals surface area contributed by atoms with E-state index in [4.69, 9.17) is 4.52 Å². The lowest BCUT2D eigenvalue weighted by molar-refractivity contribution is -0.130. The van der Waals surface area contributed by atoms with Crippen LogP contribution in [-0.4, -0.2) is 39.4 Å². The Morgan fingerprint density at radius 3 is 2.96 bits per heavy atom. The minimum absolute atomic E-state index is 0.106. The fraction of sp³-hybridized carbons (Fsp3) is 0.556. The van der Waals surface area contributed by atoms with Crippen molar-refractivity contribution in [2.75, 3.05) is 6.54 Å². The monoisotopic (exact) mass is 374 g/mol. The topological polar surface area (TPSA) is 88.3 Å². The predicted molar refractivity (Wildman–Crippen MR) is 96.2 cm³/mol. The summed E-state index contributed by atoms with van der Waals surface area (Å²) >= 11 is 1.53. The molecule has 1 aliphatic carbocycles. The van der Waals surface area contributed by atoms with Gasteiger partial charge < -0.3 is 14.7 Å². The van der Waals surface area contributed by atoms with Gasteiger partial charge in [0.1, 0.15) is 0 Å². The summed E-state index contributed by atoms with van der Waals surface area (Å²) < 4.78 is 5.19. The zero-order chi connectivity index (χ0) is 17.9. The van der Waals surface area contributed by atoms with Crippen molar-refractivity contribution in [1.82, 2.24) is 20.4 Å². The summed E-state index contributed by atoms with van der Waals surface area (Å²) in [7, 11) is 0. The van der Waals surface area contributed by atoms with Crippen LogP contribution >= 0.6 is 11.3 Å². The van der Waals surface area contributed by atoms with Gasteiger partial charge in [0.2, 0.25) is 23.5 Å². The molecule has 1 N–H and O–H groups in total. The van der Waals surface area contributed by atoms with Crippen LogP contribution in [0.1, 0.15) is 44.4 Å². The van der Waals surface area contributed by atoms with Crippen LogP contribution < -0.4 is 5.32 Å². The largest absolute Gasteiger partial charge is 0.347 e. The number of likely N-dealkylation sites (tertiary alicyclic amines) is 1. The van der Waals surface area contributed by atoms with Gasteiger partial charge in [-0.3, -0.25) is 9.59 Å². The van der Waals surface area contributed by atoms with Crippen LogP contribution in [0, 0.1) is 5.92 Å². The van der Waals surface area contributed by atoms with E-state index in [1.165, 1.54) is 30.6 Å². The molecule has 8 heteroatoms. The van der Waals surface area contributed by atoms with E-state index in [1.54, 1.807) is 0 Å². The highest BCUT2D eigenvalue weighted by Gasteiger charge is 2.38. The van der Waals surface area contributed by atoms with Gasteiger partial charge in [-0.2, -0.15) is 4.98 Å². The van der Waals surface area contributed by atoms with Gasteiger partial charge in [0.15, 0.2) is 0 Å². The number of rotatable bonds is 5. The Morgan fingerprint density at radius 2 is 2.19 bits per heavy atom. The lowest BCUT2D eigenvalue weighted by atomic mass is 9.94. The summed E-state index contributed by atoms with van der Waals surface area (Å²) in [6.45, 7) is 0.713. The summed E-state index contributed by atoms with van der Waals surface area (Å²) in [6.07, 6.45) is 6.03. The number of carbonyl (C=O) groups is 2. The van der Waals surface area contributed by atoms with E-state index in [0.717, 1.165) is 17.7 Å². The number of hydrogen-bond acceptors (Lipinski definition) is 6. The van der Waals surface area contributed by atoms with Crippen molar-refractivity contribution in [3.63, 3.8) is 0 Å². The average molecular weight is 374 g/mol. The molecule has 1 unspecified atom stereocenters. The average Bonchev–Trinajstić information content (AvgIpc) is 3.40. The lowest BCUT2D eigenvalue weighted by Crippen LogP contribution is -2.39. The number of nitrogens with one attached hydrogen (secondary N) is 1. The summed E-state index contributed by atoms with van der Waals surface area (Å²) in [5.74, 6) is 0.602. The molecule has 2 amide bonds. The molecular weight excluding hydrogens is 352 g/mol. The maximum absolute atomic E-state index is 12.5. The Bertz CT molecular complexity index is 767. The highest BCUT2D eigenvalue weighted by Crippen LogP contribution is 2.28. The Labute approximate surface area is 155 Å². The number of nitrogens with zero attached hydrogens (tertiary/aromatic N) is 3. The molecule has 0 spiro atoms. The number of thiophene rings is 1. The maximum atomic E-state index is 12.5. The van der Waals surface area contributed by atoms with Crippen LogP contribution in [0.4, 0.5) is 0 Å². The minimum Gasteiger partial charge on any atom is -0.347 e. The Morgan fingerprint density at radius 1 is 1.35 bits per heavy atom. The SMILES string of the molecule is O=C(NCc1nc(-c2cccs2)no1)C1CC(=O)N(C2CCCCC2)C1. The van der Waals surface area contributed by atoms with E-state index in [-0.39, 0.29) is 24.3 Å². The molecule has 2 aromatic rings. The third-order valence-corrected chi connectivity index (χ3v) is 6.03. The first-order chi connectivity index (χ1) is 12.7. The van der Waals surface area contributed by atoms with Gasteiger partial charge in [0.25, 0.3) is 0 Å².